The molecule has 1 aromatic carbocycles. The molecule has 2 rings (SSSR count). The largest absolute Gasteiger partial charge is 0.444 e. The zero-order valence-corrected chi connectivity index (χ0v) is 11.5. The van der Waals surface area contributed by atoms with E-state index in [9.17, 15) is 4.79 Å². The lowest BCUT2D eigenvalue weighted by molar-refractivity contribution is 0.0500. The maximum absolute atomic E-state index is 11.8. The number of amides is 1. The van der Waals surface area contributed by atoms with E-state index in [1.165, 1.54) is 5.56 Å². The van der Waals surface area contributed by atoms with Crippen LogP contribution >= 0.6 is 0 Å². The number of alkyl carbamates (subject to hydrolysis) is 1. The highest BCUT2D eigenvalue weighted by Gasteiger charge is 2.52. The van der Waals surface area contributed by atoms with Gasteiger partial charge >= 0.3 is 6.09 Å². The van der Waals surface area contributed by atoms with E-state index >= 15 is 0 Å². The smallest absolute Gasteiger partial charge is 0.408 e. The Morgan fingerprint density at radius 1 is 1.33 bits per heavy atom. The lowest BCUT2D eigenvalue weighted by Gasteiger charge is -2.22. The van der Waals surface area contributed by atoms with Gasteiger partial charge in [-0.25, -0.2) is 4.79 Å². The van der Waals surface area contributed by atoms with Gasteiger partial charge in [0.2, 0.25) is 0 Å². The highest BCUT2D eigenvalue weighted by atomic mass is 16.6. The van der Waals surface area contributed by atoms with Crippen molar-refractivity contribution in [1.82, 2.24) is 5.32 Å². The van der Waals surface area contributed by atoms with Crippen LogP contribution in [0.5, 0.6) is 0 Å². The minimum Gasteiger partial charge on any atom is -0.444 e. The Morgan fingerprint density at radius 2 is 1.94 bits per heavy atom. The molecule has 0 radical (unpaired) electrons. The number of benzene rings is 1. The monoisotopic (exact) mass is 247 g/mol. The summed E-state index contributed by atoms with van der Waals surface area (Å²) in [6, 6.07) is 10.3. The van der Waals surface area contributed by atoms with Crippen molar-refractivity contribution in [3.8, 4) is 0 Å². The van der Waals surface area contributed by atoms with Gasteiger partial charge in [-0.1, -0.05) is 30.3 Å². The molecule has 0 spiro atoms. The van der Waals surface area contributed by atoms with Crippen molar-refractivity contribution >= 4 is 6.09 Å². The van der Waals surface area contributed by atoms with Gasteiger partial charge in [-0.15, -0.1) is 0 Å². The molecule has 0 aromatic heterocycles. The van der Waals surface area contributed by atoms with Crippen molar-refractivity contribution in [2.24, 2.45) is 0 Å². The predicted octanol–water partition coefficient (Wildman–Crippen LogP) is 3.46. The molecule has 1 fully saturated rings. The fraction of sp³-hybridized carbons (Fsp3) is 0.533. The molecular formula is C15H21NO2. The van der Waals surface area contributed by atoms with Crippen molar-refractivity contribution in [2.45, 2.75) is 51.2 Å². The topological polar surface area (TPSA) is 38.3 Å². The summed E-state index contributed by atoms with van der Waals surface area (Å²) in [6.45, 7) is 7.68. The average Bonchev–Trinajstić information content (AvgIpc) is 2.88. The average molecular weight is 247 g/mol. The molecule has 0 bridgehead atoms. The Kier molecular flexibility index (Phi) is 3.09. The first-order valence-electron chi connectivity index (χ1n) is 6.36. The van der Waals surface area contributed by atoms with E-state index < -0.39 is 5.60 Å². The molecular weight excluding hydrogens is 226 g/mol. The molecule has 0 unspecified atom stereocenters. The predicted molar refractivity (Wildman–Crippen MR) is 71.6 cm³/mol. The number of carbonyl (C=O) groups excluding carboxylic acids is 1. The Balaban J connectivity index is 1.94. The van der Waals surface area contributed by atoms with Crippen LogP contribution in [0, 0.1) is 0 Å². The van der Waals surface area contributed by atoms with Crippen molar-refractivity contribution in [3.63, 3.8) is 0 Å². The summed E-state index contributed by atoms with van der Waals surface area (Å²) >= 11 is 0. The lowest BCUT2D eigenvalue weighted by atomic mass is 10.1. The maximum atomic E-state index is 11.8. The van der Waals surface area contributed by atoms with Crippen LogP contribution in [0.25, 0.3) is 0 Å². The minimum atomic E-state index is -0.447. The molecule has 0 heterocycles. The van der Waals surface area contributed by atoms with E-state index in [-0.39, 0.29) is 11.6 Å². The lowest BCUT2D eigenvalue weighted by Crippen LogP contribution is -2.39. The number of carbonyl (C=O) groups is 1. The van der Waals surface area contributed by atoms with E-state index in [0.717, 1.165) is 6.42 Å². The van der Waals surface area contributed by atoms with E-state index in [4.69, 9.17) is 4.74 Å². The van der Waals surface area contributed by atoms with Gasteiger partial charge < -0.3 is 10.1 Å². The minimum absolute atomic E-state index is 0.163. The van der Waals surface area contributed by atoms with Crippen molar-refractivity contribution in [2.75, 3.05) is 0 Å². The fourth-order valence-corrected chi connectivity index (χ4v) is 2.21. The number of nitrogens with one attached hydrogen (secondary N) is 1. The van der Waals surface area contributed by atoms with Gasteiger partial charge in [-0.05, 0) is 39.7 Å². The van der Waals surface area contributed by atoms with E-state index in [2.05, 4.69) is 24.4 Å². The van der Waals surface area contributed by atoms with Gasteiger partial charge in [0.05, 0.1) is 0 Å². The molecule has 0 saturated heterocycles. The number of ether oxygens (including phenoxy) is 1. The number of hydrogen-bond acceptors (Lipinski definition) is 2. The first-order valence-corrected chi connectivity index (χ1v) is 6.36. The van der Waals surface area contributed by atoms with Gasteiger partial charge in [0.1, 0.15) is 5.60 Å². The summed E-state index contributed by atoms with van der Waals surface area (Å²) in [6.07, 6.45) is 0.638. The quantitative estimate of drug-likeness (QED) is 0.869. The number of rotatable bonds is 2. The standard InChI is InChI=1S/C15H21NO2/c1-14(2,3)18-13(17)16-15(4)10-12(15)11-8-6-5-7-9-11/h5-9,12H,10H2,1-4H3,(H,16,17)/t12-,15+/m1/s1. The van der Waals surface area contributed by atoms with Crippen LogP contribution in [0.2, 0.25) is 0 Å². The molecule has 3 heteroatoms. The fourth-order valence-electron chi connectivity index (χ4n) is 2.21. The Hall–Kier alpha value is -1.51. The van der Waals surface area contributed by atoms with E-state index in [0.29, 0.717) is 5.92 Å². The first kappa shape index (κ1) is 12.9. The highest BCUT2D eigenvalue weighted by Crippen LogP contribution is 2.51. The van der Waals surface area contributed by atoms with Crippen molar-refractivity contribution < 1.29 is 9.53 Å². The molecule has 1 saturated carbocycles. The van der Waals surface area contributed by atoms with Crippen LogP contribution in [-0.4, -0.2) is 17.2 Å². The van der Waals surface area contributed by atoms with Gasteiger partial charge in [0.15, 0.2) is 0 Å². The molecule has 1 aromatic rings. The Morgan fingerprint density at radius 3 is 2.50 bits per heavy atom. The zero-order chi connectivity index (χ0) is 13.4. The van der Waals surface area contributed by atoms with Crippen LogP contribution in [0.15, 0.2) is 30.3 Å². The summed E-state index contributed by atoms with van der Waals surface area (Å²) in [5.41, 5.74) is 0.664. The van der Waals surface area contributed by atoms with Crippen LogP contribution in [0.1, 0.15) is 45.6 Å². The Labute approximate surface area is 109 Å². The third kappa shape index (κ3) is 3.03. The molecule has 1 amide bonds. The summed E-state index contributed by atoms with van der Waals surface area (Å²) in [5.74, 6) is 0.395. The molecule has 1 aliphatic carbocycles. The first-order chi connectivity index (χ1) is 8.30. The normalized spacial score (nSPS) is 26.6. The van der Waals surface area contributed by atoms with Gasteiger partial charge in [-0.2, -0.15) is 0 Å². The van der Waals surface area contributed by atoms with Crippen LogP contribution < -0.4 is 5.32 Å². The van der Waals surface area contributed by atoms with Gasteiger partial charge in [0.25, 0.3) is 0 Å². The summed E-state index contributed by atoms with van der Waals surface area (Å²) < 4.78 is 5.29. The molecule has 1 N–H and O–H groups in total. The number of hydrogen-bond donors (Lipinski definition) is 1. The Bertz CT molecular complexity index is 436. The molecule has 0 aliphatic heterocycles. The summed E-state index contributed by atoms with van der Waals surface area (Å²) in [4.78, 5) is 11.8. The maximum Gasteiger partial charge on any atom is 0.408 e. The van der Waals surface area contributed by atoms with Crippen LogP contribution in [0.3, 0.4) is 0 Å². The molecule has 1 aliphatic rings. The molecule has 3 nitrogen and oxygen atoms in total. The second kappa shape index (κ2) is 4.30. The second-order valence-corrected chi connectivity index (χ2v) is 6.21. The van der Waals surface area contributed by atoms with E-state index in [1.807, 2.05) is 39.0 Å². The van der Waals surface area contributed by atoms with Gasteiger partial charge in [0, 0.05) is 11.5 Å². The molecule has 98 valence electrons. The SMILES string of the molecule is CC(C)(C)OC(=O)N[C@@]1(C)C[C@@H]1c1ccccc1. The van der Waals surface area contributed by atoms with Crippen molar-refractivity contribution in [1.29, 1.82) is 0 Å². The summed E-state index contributed by atoms with van der Waals surface area (Å²) in [5, 5.41) is 2.97. The van der Waals surface area contributed by atoms with Crippen LogP contribution in [-0.2, 0) is 4.74 Å². The zero-order valence-electron chi connectivity index (χ0n) is 11.5. The van der Waals surface area contributed by atoms with Crippen molar-refractivity contribution in [3.05, 3.63) is 35.9 Å². The molecule has 18 heavy (non-hydrogen) atoms. The van der Waals surface area contributed by atoms with Gasteiger partial charge in [-0.3, -0.25) is 0 Å². The highest BCUT2D eigenvalue weighted by molar-refractivity contribution is 5.70. The van der Waals surface area contributed by atoms with Crippen LogP contribution in [0.4, 0.5) is 4.79 Å². The summed E-state index contributed by atoms with van der Waals surface area (Å²) in [7, 11) is 0. The third-order valence-corrected chi connectivity index (χ3v) is 3.23. The second-order valence-electron chi connectivity index (χ2n) is 6.21. The third-order valence-electron chi connectivity index (χ3n) is 3.23. The van der Waals surface area contributed by atoms with E-state index in [1.54, 1.807) is 0 Å². The molecule has 2 atom stereocenters.